The van der Waals surface area contributed by atoms with Crippen LogP contribution in [-0.2, 0) is 0 Å². The fourth-order valence-corrected chi connectivity index (χ4v) is 8.49. The SMILES string of the molecule is Fc1cccc(N(c2ccccc2)c2ccc3cc4c5cccc6c7cc8ccc(N(c9ccccc9)c9cccc(F)c9)cc8cc7n(c4cc3c2)c56)c1. The quantitative estimate of drug-likeness (QED) is 0.170. The number of anilines is 6. The number of nitrogens with zero attached hydrogens (tertiary/aromatic N) is 3. The number of halogens is 2. The van der Waals surface area contributed by atoms with Crippen molar-refractivity contribution in [1.29, 1.82) is 0 Å². The molecular formula is C50H31F2N3. The molecule has 260 valence electrons. The summed E-state index contributed by atoms with van der Waals surface area (Å²) < 4.78 is 31.6. The maximum absolute atomic E-state index is 14.6. The average Bonchev–Trinajstić information content (AvgIpc) is 3.71. The number of rotatable bonds is 6. The van der Waals surface area contributed by atoms with Gasteiger partial charge in [0.2, 0.25) is 0 Å². The zero-order chi connectivity index (χ0) is 36.6. The van der Waals surface area contributed by atoms with Gasteiger partial charge < -0.3 is 14.2 Å². The Morgan fingerprint density at radius 2 is 0.727 bits per heavy atom. The normalized spacial score (nSPS) is 11.8. The van der Waals surface area contributed by atoms with Gasteiger partial charge in [-0.25, -0.2) is 8.78 Å². The molecule has 5 heteroatoms. The van der Waals surface area contributed by atoms with Crippen LogP contribution in [0.3, 0.4) is 0 Å². The first kappa shape index (κ1) is 31.3. The van der Waals surface area contributed by atoms with Gasteiger partial charge in [0.05, 0.1) is 16.6 Å². The van der Waals surface area contributed by atoms with Gasteiger partial charge in [0.1, 0.15) is 11.6 Å². The summed E-state index contributed by atoms with van der Waals surface area (Å²) in [6.07, 6.45) is 0. The standard InChI is InChI=1S/C50H31F2N3/c51-36-10-7-16-40(30-36)53(38-12-3-1-4-13-38)42-22-20-32-26-46-44-18-9-19-45-47-27-33-21-23-43(54(39-14-5-2-6-15-39)41-17-8-11-37(52)31-41)25-35(33)29-49(47)55(50(44)45)48(46)28-34(32)24-42/h1-31H. The Kier molecular flexibility index (Phi) is 6.92. The van der Waals surface area contributed by atoms with E-state index in [0.29, 0.717) is 0 Å². The van der Waals surface area contributed by atoms with Crippen LogP contribution in [-0.4, -0.2) is 4.40 Å². The van der Waals surface area contributed by atoms with Gasteiger partial charge in [-0.1, -0.05) is 78.9 Å². The minimum absolute atomic E-state index is 0.278. The zero-order valence-electron chi connectivity index (χ0n) is 29.5. The van der Waals surface area contributed by atoms with Crippen molar-refractivity contribution in [3.8, 4) is 0 Å². The third kappa shape index (κ3) is 5.01. The van der Waals surface area contributed by atoms with Crippen LogP contribution in [0.4, 0.5) is 42.9 Å². The highest BCUT2D eigenvalue weighted by Gasteiger charge is 2.21. The fourth-order valence-electron chi connectivity index (χ4n) is 8.49. The van der Waals surface area contributed by atoms with Gasteiger partial charge in [0.15, 0.2) is 0 Å². The topological polar surface area (TPSA) is 10.9 Å². The highest BCUT2D eigenvalue weighted by atomic mass is 19.1. The van der Waals surface area contributed by atoms with Gasteiger partial charge in [0, 0.05) is 55.7 Å². The molecule has 0 fully saturated rings. The first-order valence-electron chi connectivity index (χ1n) is 18.4. The lowest BCUT2D eigenvalue weighted by Crippen LogP contribution is -2.10. The predicted molar refractivity (Wildman–Crippen MR) is 225 cm³/mol. The van der Waals surface area contributed by atoms with Crippen molar-refractivity contribution < 1.29 is 8.78 Å². The van der Waals surface area contributed by atoms with Crippen LogP contribution in [0.2, 0.25) is 0 Å². The molecule has 0 unspecified atom stereocenters. The molecule has 0 radical (unpaired) electrons. The van der Waals surface area contributed by atoms with E-state index in [4.69, 9.17) is 0 Å². The van der Waals surface area contributed by atoms with E-state index in [1.54, 1.807) is 24.3 Å². The first-order chi connectivity index (χ1) is 27.1. The Labute approximate surface area is 315 Å². The number of aromatic nitrogens is 1. The Morgan fingerprint density at radius 3 is 1.18 bits per heavy atom. The van der Waals surface area contributed by atoms with Crippen LogP contribution in [0.15, 0.2) is 188 Å². The lowest BCUT2D eigenvalue weighted by molar-refractivity contribution is 0.627. The van der Waals surface area contributed by atoms with Gasteiger partial charge in [-0.3, -0.25) is 0 Å². The van der Waals surface area contributed by atoms with Crippen LogP contribution >= 0.6 is 0 Å². The highest BCUT2D eigenvalue weighted by Crippen LogP contribution is 2.44. The van der Waals surface area contributed by atoms with Crippen LogP contribution in [0.1, 0.15) is 0 Å². The Balaban J connectivity index is 1.13. The van der Waals surface area contributed by atoms with Crippen LogP contribution in [0.25, 0.3) is 59.6 Å². The molecule has 9 aromatic carbocycles. The second kappa shape index (κ2) is 12.2. The van der Waals surface area contributed by atoms with Crippen molar-refractivity contribution in [3.63, 3.8) is 0 Å². The summed E-state index contributed by atoms with van der Waals surface area (Å²) in [5.74, 6) is -0.556. The summed E-state index contributed by atoms with van der Waals surface area (Å²) >= 11 is 0. The molecule has 3 nitrogen and oxygen atoms in total. The molecule has 0 N–H and O–H groups in total. The predicted octanol–water partition coefficient (Wildman–Crippen LogP) is 14.4. The van der Waals surface area contributed by atoms with Gasteiger partial charge in [-0.15, -0.1) is 0 Å². The second-order valence-corrected chi connectivity index (χ2v) is 14.1. The van der Waals surface area contributed by atoms with Crippen molar-refractivity contribution in [1.82, 2.24) is 4.40 Å². The van der Waals surface area contributed by atoms with Crippen LogP contribution in [0.5, 0.6) is 0 Å². The molecule has 0 saturated heterocycles. The van der Waals surface area contributed by atoms with E-state index in [9.17, 15) is 8.78 Å². The van der Waals surface area contributed by atoms with Crippen molar-refractivity contribution in [2.75, 3.05) is 9.80 Å². The van der Waals surface area contributed by atoms with Gasteiger partial charge in [-0.05, 0) is 131 Å². The molecule has 0 aliphatic heterocycles. The molecule has 2 aromatic heterocycles. The number of hydrogen-bond donors (Lipinski definition) is 0. The third-order valence-corrected chi connectivity index (χ3v) is 10.9. The first-order valence-corrected chi connectivity index (χ1v) is 18.4. The van der Waals surface area contributed by atoms with E-state index in [0.717, 1.165) is 66.7 Å². The average molecular weight is 712 g/mol. The molecule has 0 saturated carbocycles. The Morgan fingerprint density at radius 1 is 0.309 bits per heavy atom. The van der Waals surface area contributed by atoms with Crippen molar-refractivity contribution in [3.05, 3.63) is 200 Å². The summed E-state index contributed by atoms with van der Waals surface area (Å²) in [5.41, 5.74) is 8.77. The smallest absolute Gasteiger partial charge is 0.125 e. The molecule has 0 aliphatic rings. The summed E-state index contributed by atoms with van der Waals surface area (Å²) in [4.78, 5) is 4.19. The number of para-hydroxylation sites is 3. The summed E-state index contributed by atoms with van der Waals surface area (Å²) in [6, 6.07) is 62.4. The molecule has 11 rings (SSSR count). The fraction of sp³-hybridized carbons (Fsp3) is 0. The number of fused-ring (bicyclic) bond motifs is 8. The minimum atomic E-state index is -0.278. The molecule has 0 amide bonds. The van der Waals surface area contributed by atoms with Gasteiger partial charge >= 0.3 is 0 Å². The lowest BCUT2D eigenvalue weighted by Gasteiger charge is -2.25. The van der Waals surface area contributed by atoms with Crippen molar-refractivity contribution in [2.45, 2.75) is 0 Å². The molecule has 2 heterocycles. The summed E-state index contributed by atoms with van der Waals surface area (Å²) in [7, 11) is 0. The minimum Gasteiger partial charge on any atom is -0.310 e. The monoisotopic (exact) mass is 711 g/mol. The maximum atomic E-state index is 14.6. The van der Waals surface area contributed by atoms with Crippen molar-refractivity contribution >= 4 is 93.8 Å². The Bertz CT molecular complexity index is 3030. The largest absolute Gasteiger partial charge is 0.310 e. The highest BCUT2D eigenvalue weighted by molar-refractivity contribution is 6.26. The summed E-state index contributed by atoms with van der Waals surface area (Å²) in [6.45, 7) is 0. The van der Waals surface area contributed by atoms with E-state index >= 15 is 0 Å². The van der Waals surface area contributed by atoms with E-state index in [-0.39, 0.29) is 11.6 Å². The summed E-state index contributed by atoms with van der Waals surface area (Å²) in [5, 5.41) is 9.27. The van der Waals surface area contributed by atoms with Gasteiger partial charge in [0.25, 0.3) is 0 Å². The second-order valence-electron chi connectivity index (χ2n) is 14.1. The van der Waals surface area contributed by atoms with E-state index < -0.39 is 0 Å². The van der Waals surface area contributed by atoms with Crippen molar-refractivity contribution in [2.24, 2.45) is 0 Å². The lowest BCUT2D eigenvalue weighted by atomic mass is 10.0. The molecule has 55 heavy (non-hydrogen) atoms. The molecule has 11 aromatic rings. The third-order valence-electron chi connectivity index (χ3n) is 10.9. The number of benzene rings is 9. The maximum Gasteiger partial charge on any atom is 0.125 e. The number of hydrogen-bond acceptors (Lipinski definition) is 2. The van der Waals surface area contributed by atoms with Crippen LogP contribution in [0, 0.1) is 11.6 Å². The van der Waals surface area contributed by atoms with E-state index in [2.05, 4.69) is 93.1 Å². The molecule has 0 bridgehead atoms. The molecule has 0 atom stereocenters. The Hall–Kier alpha value is -7.24. The van der Waals surface area contributed by atoms with E-state index in [1.807, 2.05) is 72.8 Å². The van der Waals surface area contributed by atoms with Crippen LogP contribution < -0.4 is 9.80 Å². The molecular weight excluding hydrogens is 681 g/mol. The molecule has 0 spiro atoms. The van der Waals surface area contributed by atoms with Gasteiger partial charge in [-0.2, -0.15) is 0 Å². The molecule has 0 aliphatic carbocycles. The zero-order valence-corrected chi connectivity index (χ0v) is 29.5. The van der Waals surface area contributed by atoms with E-state index in [1.165, 1.54) is 39.2 Å².